The van der Waals surface area contributed by atoms with E-state index in [2.05, 4.69) is 25.8 Å². The van der Waals surface area contributed by atoms with Crippen LogP contribution >= 0.6 is 15.9 Å². The number of rotatable bonds is 3. The van der Waals surface area contributed by atoms with E-state index in [-0.39, 0.29) is 11.5 Å². The number of carbonyl (C=O) groups excluding carboxylic acids is 1. The number of halogens is 1. The Morgan fingerprint density at radius 2 is 1.75 bits per heavy atom. The van der Waals surface area contributed by atoms with Gasteiger partial charge in [0, 0.05) is 36.8 Å². The molecule has 1 fully saturated rings. The Morgan fingerprint density at radius 3 is 2.33 bits per heavy atom. The summed E-state index contributed by atoms with van der Waals surface area (Å²) >= 11 is 3.41. The van der Waals surface area contributed by atoms with Crippen molar-refractivity contribution in [3.63, 3.8) is 0 Å². The molecule has 1 amide bonds. The average molecular weight is 390 g/mol. The van der Waals surface area contributed by atoms with Gasteiger partial charge in [-0.05, 0) is 40.2 Å². The summed E-state index contributed by atoms with van der Waals surface area (Å²) in [6.07, 6.45) is 1.36. The van der Waals surface area contributed by atoms with Gasteiger partial charge in [0.05, 0.1) is 11.1 Å². The first-order valence-electron chi connectivity index (χ1n) is 7.54. The molecule has 124 valence electrons. The van der Waals surface area contributed by atoms with Crippen LogP contribution in [0, 0.1) is 0 Å². The molecule has 1 aliphatic heterocycles. The van der Waals surface area contributed by atoms with E-state index in [0.29, 0.717) is 31.7 Å². The second-order valence-corrected chi connectivity index (χ2v) is 6.32. The molecule has 2 aromatic rings. The molecule has 0 bridgehead atoms. The van der Waals surface area contributed by atoms with Gasteiger partial charge in [-0.25, -0.2) is 9.78 Å². The number of carbonyl (C=O) groups is 2. The SMILES string of the molecule is O=C(O)c1ccc(N2CCN(C(=O)c3ccccc3Br)CC2)nc1. The van der Waals surface area contributed by atoms with Crippen molar-refractivity contribution in [1.29, 1.82) is 0 Å². The number of carboxylic acids is 1. The van der Waals surface area contributed by atoms with Crippen molar-refractivity contribution < 1.29 is 14.7 Å². The van der Waals surface area contributed by atoms with Crippen molar-refractivity contribution in [1.82, 2.24) is 9.88 Å². The van der Waals surface area contributed by atoms with Crippen molar-refractivity contribution in [3.8, 4) is 0 Å². The third kappa shape index (κ3) is 3.41. The van der Waals surface area contributed by atoms with Gasteiger partial charge in [-0.2, -0.15) is 0 Å². The van der Waals surface area contributed by atoms with Crippen LogP contribution in [0.4, 0.5) is 5.82 Å². The van der Waals surface area contributed by atoms with Crippen molar-refractivity contribution >= 4 is 33.6 Å². The van der Waals surface area contributed by atoms with Crippen LogP contribution in [0.5, 0.6) is 0 Å². The Labute approximate surface area is 147 Å². The molecule has 1 N–H and O–H groups in total. The standard InChI is InChI=1S/C17H16BrN3O3/c18-14-4-2-1-3-13(14)16(22)21-9-7-20(8-10-21)15-6-5-12(11-19-15)17(23)24/h1-6,11H,7-10H2,(H,23,24). The summed E-state index contributed by atoms with van der Waals surface area (Å²) in [5.74, 6) is -0.248. The van der Waals surface area contributed by atoms with Crippen LogP contribution in [0.3, 0.4) is 0 Å². The fourth-order valence-corrected chi connectivity index (χ4v) is 3.10. The summed E-state index contributed by atoms with van der Waals surface area (Å²) in [6, 6.07) is 10.6. The fraction of sp³-hybridized carbons (Fsp3) is 0.235. The zero-order valence-electron chi connectivity index (χ0n) is 12.9. The van der Waals surface area contributed by atoms with Gasteiger partial charge in [0.15, 0.2) is 0 Å². The molecule has 0 spiro atoms. The molecule has 7 heteroatoms. The highest BCUT2D eigenvalue weighted by molar-refractivity contribution is 9.10. The van der Waals surface area contributed by atoms with Gasteiger partial charge >= 0.3 is 5.97 Å². The van der Waals surface area contributed by atoms with Crippen molar-refractivity contribution in [2.75, 3.05) is 31.1 Å². The number of aromatic carboxylic acids is 1. The van der Waals surface area contributed by atoms with E-state index >= 15 is 0 Å². The topological polar surface area (TPSA) is 73.7 Å². The molecule has 1 saturated heterocycles. The molecule has 1 aromatic heterocycles. The quantitative estimate of drug-likeness (QED) is 0.872. The number of aromatic nitrogens is 1. The van der Waals surface area contributed by atoms with Crippen LogP contribution in [-0.4, -0.2) is 53.0 Å². The van der Waals surface area contributed by atoms with Crippen molar-refractivity contribution in [2.24, 2.45) is 0 Å². The summed E-state index contributed by atoms with van der Waals surface area (Å²) < 4.78 is 0.795. The van der Waals surface area contributed by atoms with E-state index in [1.54, 1.807) is 12.1 Å². The van der Waals surface area contributed by atoms with Crippen LogP contribution in [0.2, 0.25) is 0 Å². The first kappa shape index (κ1) is 16.4. The predicted molar refractivity (Wildman–Crippen MR) is 93.5 cm³/mol. The first-order valence-corrected chi connectivity index (χ1v) is 8.33. The zero-order valence-corrected chi connectivity index (χ0v) is 14.4. The predicted octanol–water partition coefficient (Wildman–Crippen LogP) is 2.50. The fourth-order valence-electron chi connectivity index (χ4n) is 2.64. The Balaban J connectivity index is 1.64. The number of pyridine rings is 1. The molecule has 0 saturated carbocycles. The van der Waals surface area contributed by atoms with Crippen LogP contribution in [0.15, 0.2) is 47.1 Å². The van der Waals surface area contributed by atoms with Gasteiger partial charge in [-0.1, -0.05) is 12.1 Å². The number of anilines is 1. The highest BCUT2D eigenvalue weighted by Crippen LogP contribution is 2.20. The van der Waals surface area contributed by atoms with Crippen molar-refractivity contribution in [2.45, 2.75) is 0 Å². The molecule has 2 heterocycles. The first-order chi connectivity index (χ1) is 11.6. The van der Waals surface area contributed by atoms with E-state index in [9.17, 15) is 9.59 Å². The van der Waals surface area contributed by atoms with E-state index in [1.165, 1.54) is 6.20 Å². The van der Waals surface area contributed by atoms with Gasteiger partial charge in [0.2, 0.25) is 0 Å². The van der Waals surface area contributed by atoms with Gasteiger partial charge in [-0.3, -0.25) is 4.79 Å². The number of piperazine rings is 1. The van der Waals surface area contributed by atoms with E-state index in [0.717, 1.165) is 10.3 Å². The highest BCUT2D eigenvalue weighted by Gasteiger charge is 2.24. The Kier molecular flexibility index (Phi) is 4.80. The maximum atomic E-state index is 12.6. The molecule has 0 unspecified atom stereocenters. The monoisotopic (exact) mass is 389 g/mol. The minimum absolute atomic E-state index is 0.0105. The smallest absolute Gasteiger partial charge is 0.337 e. The largest absolute Gasteiger partial charge is 0.478 e. The molecule has 0 atom stereocenters. The number of nitrogens with zero attached hydrogens (tertiary/aromatic N) is 3. The number of amides is 1. The van der Waals surface area contributed by atoms with Crippen LogP contribution in [-0.2, 0) is 0 Å². The maximum Gasteiger partial charge on any atom is 0.337 e. The van der Waals surface area contributed by atoms with Crippen LogP contribution < -0.4 is 4.90 Å². The van der Waals surface area contributed by atoms with Crippen molar-refractivity contribution in [3.05, 3.63) is 58.2 Å². The van der Waals surface area contributed by atoms with E-state index in [1.807, 2.05) is 29.2 Å². The van der Waals surface area contributed by atoms with Gasteiger partial charge in [0.1, 0.15) is 5.82 Å². The Hall–Kier alpha value is -2.41. The third-order valence-corrected chi connectivity index (χ3v) is 4.68. The Bertz CT molecular complexity index is 756. The normalized spacial score (nSPS) is 14.5. The van der Waals surface area contributed by atoms with Gasteiger partial charge in [0.25, 0.3) is 5.91 Å². The molecule has 24 heavy (non-hydrogen) atoms. The number of hydrogen-bond acceptors (Lipinski definition) is 4. The number of benzene rings is 1. The van der Waals surface area contributed by atoms with E-state index < -0.39 is 5.97 Å². The van der Waals surface area contributed by atoms with E-state index in [4.69, 9.17) is 5.11 Å². The lowest BCUT2D eigenvalue weighted by Crippen LogP contribution is -2.49. The van der Waals surface area contributed by atoms with Gasteiger partial charge in [-0.15, -0.1) is 0 Å². The lowest BCUT2D eigenvalue weighted by atomic mass is 10.2. The summed E-state index contributed by atoms with van der Waals surface area (Å²) in [7, 11) is 0. The molecule has 1 aromatic carbocycles. The molecule has 0 aliphatic carbocycles. The minimum atomic E-state index is -0.988. The zero-order chi connectivity index (χ0) is 17.1. The number of hydrogen-bond donors (Lipinski definition) is 1. The molecule has 6 nitrogen and oxygen atoms in total. The summed E-state index contributed by atoms with van der Waals surface area (Å²) in [4.78, 5) is 31.5. The number of carboxylic acid groups (broad SMARTS) is 1. The summed E-state index contributed by atoms with van der Waals surface area (Å²) in [5.41, 5.74) is 0.830. The van der Waals surface area contributed by atoms with Gasteiger partial charge < -0.3 is 14.9 Å². The molecular weight excluding hydrogens is 374 g/mol. The molecule has 0 radical (unpaired) electrons. The third-order valence-electron chi connectivity index (χ3n) is 3.99. The average Bonchev–Trinajstić information content (AvgIpc) is 2.62. The lowest BCUT2D eigenvalue weighted by Gasteiger charge is -2.35. The summed E-state index contributed by atoms with van der Waals surface area (Å²) in [6.45, 7) is 2.52. The molecular formula is C17H16BrN3O3. The highest BCUT2D eigenvalue weighted by atomic mass is 79.9. The second-order valence-electron chi connectivity index (χ2n) is 5.47. The van der Waals surface area contributed by atoms with Crippen LogP contribution in [0.25, 0.3) is 0 Å². The second kappa shape index (κ2) is 7.00. The summed E-state index contributed by atoms with van der Waals surface area (Å²) in [5, 5.41) is 8.91. The maximum absolute atomic E-state index is 12.6. The minimum Gasteiger partial charge on any atom is -0.478 e. The molecule has 3 rings (SSSR count). The lowest BCUT2D eigenvalue weighted by molar-refractivity contribution is 0.0694. The Morgan fingerprint density at radius 1 is 1.04 bits per heavy atom. The molecule has 1 aliphatic rings. The van der Waals surface area contributed by atoms with Crippen LogP contribution in [0.1, 0.15) is 20.7 Å².